The van der Waals surface area contributed by atoms with Gasteiger partial charge in [-0.3, -0.25) is 0 Å². The van der Waals surface area contributed by atoms with E-state index in [1.54, 1.807) is 7.11 Å². The number of guanidine groups is 1. The Balaban J connectivity index is 1.55. The Labute approximate surface area is 189 Å². The molecule has 5 rings (SSSR count). The van der Waals surface area contributed by atoms with Crippen molar-refractivity contribution in [1.29, 1.82) is 0 Å². The highest BCUT2D eigenvalue weighted by molar-refractivity contribution is 8.03. The van der Waals surface area contributed by atoms with Gasteiger partial charge < -0.3 is 20.2 Å². The van der Waals surface area contributed by atoms with Crippen LogP contribution in [0.25, 0.3) is 10.9 Å². The van der Waals surface area contributed by atoms with Crippen LogP contribution < -0.4 is 10.5 Å². The average Bonchev–Trinajstić information content (AvgIpc) is 3.36. The van der Waals surface area contributed by atoms with Gasteiger partial charge in [0.15, 0.2) is 0 Å². The van der Waals surface area contributed by atoms with Crippen LogP contribution >= 0.6 is 23.4 Å². The lowest BCUT2D eigenvalue weighted by atomic mass is 9.91. The summed E-state index contributed by atoms with van der Waals surface area (Å²) in [6.07, 6.45) is 1.75. The van der Waals surface area contributed by atoms with Crippen molar-refractivity contribution < 1.29 is 17.9 Å². The number of H-pyrrole nitrogens is 1. The number of methoxy groups -OCH3 is 1. The zero-order valence-corrected chi connectivity index (χ0v) is 19.5. The molecule has 3 aliphatic heterocycles. The van der Waals surface area contributed by atoms with Crippen LogP contribution in [0.5, 0.6) is 5.75 Å². The molecule has 2 unspecified atom stereocenters. The van der Waals surface area contributed by atoms with Crippen molar-refractivity contribution >= 4 is 50.2 Å². The third-order valence-electron chi connectivity index (χ3n) is 6.12. The van der Waals surface area contributed by atoms with E-state index in [2.05, 4.69) is 16.0 Å². The molecule has 1 saturated heterocycles. The molecule has 4 heterocycles. The van der Waals surface area contributed by atoms with E-state index in [1.807, 2.05) is 18.2 Å². The van der Waals surface area contributed by atoms with E-state index in [-0.39, 0.29) is 11.2 Å². The number of hydrogen-bond acceptors (Lipinski definition) is 7. The Morgan fingerprint density at radius 1 is 1.45 bits per heavy atom. The second-order valence-electron chi connectivity index (χ2n) is 7.91. The summed E-state index contributed by atoms with van der Waals surface area (Å²) in [6.45, 7) is 0.357. The van der Waals surface area contributed by atoms with Crippen LogP contribution in [-0.4, -0.2) is 55.4 Å². The van der Waals surface area contributed by atoms with Crippen molar-refractivity contribution in [2.45, 2.75) is 35.5 Å². The molecule has 1 aromatic heterocycles. The molecular weight excluding hydrogens is 460 g/mol. The zero-order chi connectivity index (χ0) is 22.0. The molecule has 1 aromatic carbocycles. The summed E-state index contributed by atoms with van der Waals surface area (Å²) in [5.74, 6) is 0.724. The molecule has 3 aliphatic rings. The molecule has 166 valence electrons. The van der Waals surface area contributed by atoms with Crippen LogP contribution in [0, 0.1) is 0 Å². The van der Waals surface area contributed by atoms with Gasteiger partial charge >= 0.3 is 0 Å². The SMILES string of the molecule is COc1cccc2cc(C3CC(Cl)=C([C@]45CCCOC4S(=O)(=O)N(C)C(N)=N5)S3)[nH]c12. The van der Waals surface area contributed by atoms with Crippen molar-refractivity contribution in [3.8, 4) is 5.75 Å². The number of para-hydroxylation sites is 1. The summed E-state index contributed by atoms with van der Waals surface area (Å²) in [7, 11) is -0.780. The Bertz CT molecular complexity index is 1220. The summed E-state index contributed by atoms with van der Waals surface area (Å²) in [4.78, 5) is 8.85. The molecule has 11 heteroatoms. The molecule has 0 bridgehead atoms. The normalized spacial score (nSPS) is 30.4. The van der Waals surface area contributed by atoms with E-state index in [0.29, 0.717) is 30.9 Å². The molecule has 0 spiro atoms. The molecule has 0 aliphatic carbocycles. The summed E-state index contributed by atoms with van der Waals surface area (Å²) in [5.41, 5.74) is 5.70. The fourth-order valence-corrected chi connectivity index (χ4v) is 8.27. The zero-order valence-electron chi connectivity index (χ0n) is 17.1. The van der Waals surface area contributed by atoms with Crippen LogP contribution in [0.2, 0.25) is 0 Å². The number of benzene rings is 1. The molecule has 31 heavy (non-hydrogen) atoms. The number of aromatic amines is 1. The molecule has 2 aromatic rings. The van der Waals surface area contributed by atoms with Crippen molar-refractivity contribution in [3.05, 3.63) is 39.9 Å². The van der Waals surface area contributed by atoms with Crippen LogP contribution in [0.4, 0.5) is 0 Å². The number of nitrogens with two attached hydrogens (primary N) is 1. The van der Waals surface area contributed by atoms with Gasteiger partial charge in [-0.15, -0.1) is 11.8 Å². The largest absolute Gasteiger partial charge is 0.495 e. The summed E-state index contributed by atoms with van der Waals surface area (Å²) in [6, 6.07) is 7.95. The Morgan fingerprint density at radius 2 is 2.26 bits per heavy atom. The number of sulfonamides is 1. The fourth-order valence-electron chi connectivity index (χ4n) is 4.56. The summed E-state index contributed by atoms with van der Waals surface area (Å²) >= 11 is 8.29. The average molecular weight is 483 g/mol. The van der Waals surface area contributed by atoms with Gasteiger partial charge in [-0.1, -0.05) is 23.7 Å². The highest BCUT2D eigenvalue weighted by Gasteiger charge is 2.58. The van der Waals surface area contributed by atoms with Gasteiger partial charge in [0.2, 0.25) is 11.4 Å². The second-order valence-corrected chi connectivity index (χ2v) is 11.6. The van der Waals surface area contributed by atoms with E-state index in [4.69, 9.17) is 26.8 Å². The lowest BCUT2D eigenvalue weighted by Crippen LogP contribution is -2.61. The maximum Gasteiger partial charge on any atom is 0.267 e. The standard InChI is InChI=1S/C20H23ClN4O4S2/c1-25-19(22)24-20(7-4-8-29-18(20)31(25,26)27)17-12(21)10-15(30-17)13-9-11-5-3-6-14(28-2)16(11)23-13/h3,5-6,9,15,18,23H,4,7-8,10H2,1-2H3,(H2,22,24)/t15?,18?,20-/m1/s1. The Hall–Kier alpha value is -1.88. The number of allylic oxidation sites excluding steroid dienone is 1. The van der Waals surface area contributed by atoms with Crippen molar-refractivity contribution in [2.75, 3.05) is 20.8 Å². The van der Waals surface area contributed by atoms with Crippen molar-refractivity contribution in [3.63, 3.8) is 0 Å². The van der Waals surface area contributed by atoms with Gasteiger partial charge in [-0.2, -0.15) is 0 Å². The number of nitrogens with one attached hydrogen (secondary N) is 1. The van der Waals surface area contributed by atoms with Crippen LogP contribution in [0.1, 0.15) is 30.2 Å². The van der Waals surface area contributed by atoms with Gasteiger partial charge in [0.05, 0.1) is 17.9 Å². The first-order chi connectivity index (χ1) is 14.8. The number of nitrogens with zero attached hydrogens (tertiary/aromatic N) is 2. The molecule has 8 nitrogen and oxygen atoms in total. The van der Waals surface area contributed by atoms with Crippen molar-refractivity contribution in [2.24, 2.45) is 10.7 Å². The minimum Gasteiger partial charge on any atom is -0.495 e. The lowest BCUT2D eigenvalue weighted by molar-refractivity contribution is 0.0205. The van der Waals surface area contributed by atoms with Gasteiger partial charge in [-0.05, 0) is 25.0 Å². The highest BCUT2D eigenvalue weighted by Crippen LogP contribution is 2.58. The van der Waals surface area contributed by atoms with E-state index in [9.17, 15) is 8.42 Å². The van der Waals surface area contributed by atoms with Crippen molar-refractivity contribution in [1.82, 2.24) is 9.29 Å². The number of thioether (sulfide) groups is 1. The third-order valence-corrected chi connectivity index (χ3v) is 10.1. The predicted molar refractivity (Wildman–Crippen MR) is 123 cm³/mol. The molecule has 3 atom stereocenters. The quantitative estimate of drug-likeness (QED) is 0.694. The number of hydrogen-bond donors (Lipinski definition) is 2. The van der Waals surface area contributed by atoms with Crippen LogP contribution in [0.15, 0.2) is 39.2 Å². The first-order valence-corrected chi connectivity index (χ1v) is 12.7. The number of halogens is 1. The topological polar surface area (TPSA) is 110 Å². The minimum absolute atomic E-state index is 0.00431. The molecule has 3 N–H and O–H groups in total. The molecule has 0 amide bonds. The first-order valence-electron chi connectivity index (χ1n) is 9.94. The molecular formula is C20H23ClN4O4S2. The van der Waals surface area contributed by atoms with Crippen LogP contribution in [0.3, 0.4) is 0 Å². The monoisotopic (exact) mass is 482 g/mol. The van der Waals surface area contributed by atoms with Gasteiger partial charge in [0, 0.05) is 41.1 Å². The van der Waals surface area contributed by atoms with E-state index >= 15 is 0 Å². The second kappa shape index (κ2) is 7.33. The highest BCUT2D eigenvalue weighted by atomic mass is 35.5. The maximum absolute atomic E-state index is 13.1. The molecule has 0 radical (unpaired) electrons. The lowest BCUT2D eigenvalue weighted by Gasteiger charge is -2.45. The first kappa shape index (κ1) is 21.0. The number of fused-ring (bicyclic) bond motifs is 2. The van der Waals surface area contributed by atoms with Gasteiger partial charge in [0.1, 0.15) is 11.3 Å². The fraction of sp³-hybridized carbons (Fsp3) is 0.450. The molecule has 0 saturated carbocycles. The van der Waals surface area contributed by atoms with Gasteiger partial charge in [0.25, 0.3) is 10.0 Å². The number of ether oxygens (including phenoxy) is 2. The smallest absolute Gasteiger partial charge is 0.267 e. The number of aliphatic imine (C=N–C) groups is 1. The third kappa shape index (κ3) is 3.06. The molecule has 1 fully saturated rings. The Morgan fingerprint density at radius 3 is 3.03 bits per heavy atom. The summed E-state index contributed by atoms with van der Waals surface area (Å²) in [5, 5.41) is 1.64. The predicted octanol–water partition coefficient (Wildman–Crippen LogP) is 3.27. The van der Waals surface area contributed by atoms with E-state index < -0.39 is 21.0 Å². The Kier molecular flexibility index (Phi) is 4.96. The number of rotatable bonds is 3. The van der Waals surface area contributed by atoms with Crippen LogP contribution in [-0.2, 0) is 14.8 Å². The summed E-state index contributed by atoms with van der Waals surface area (Å²) < 4.78 is 38.5. The minimum atomic E-state index is -3.82. The number of aromatic nitrogens is 1. The van der Waals surface area contributed by atoms with Gasteiger partial charge in [-0.25, -0.2) is 17.7 Å². The van der Waals surface area contributed by atoms with E-state index in [0.717, 1.165) is 31.6 Å². The van der Waals surface area contributed by atoms with E-state index in [1.165, 1.54) is 18.8 Å². The maximum atomic E-state index is 13.1.